The van der Waals surface area contributed by atoms with Crippen molar-refractivity contribution in [3.63, 3.8) is 0 Å². The van der Waals surface area contributed by atoms with Crippen LogP contribution in [0.5, 0.6) is 0 Å². The molecule has 1 saturated carbocycles. The Hall–Kier alpha value is -1.19. The highest BCUT2D eigenvalue weighted by Gasteiger charge is 2.32. The van der Waals surface area contributed by atoms with Gasteiger partial charge in [0.05, 0.1) is 5.92 Å². The summed E-state index contributed by atoms with van der Waals surface area (Å²) in [7, 11) is 0. The van der Waals surface area contributed by atoms with E-state index in [0.29, 0.717) is 0 Å². The van der Waals surface area contributed by atoms with E-state index in [0.717, 1.165) is 12.8 Å². The van der Waals surface area contributed by atoms with Crippen LogP contribution >= 0.6 is 0 Å². The van der Waals surface area contributed by atoms with Gasteiger partial charge in [0, 0.05) is 0 Å². The molecule has 60 valence electrons. The molecule has 2 aliphatic rings. The average molecular weight is 156 g/mol. The molecule has 1 heterocycles. The smallest absolute Gasteiger partial charge is 0.326 e. The highest BCUT2D eigenvalue weighted by molar-refractivity contribution is 5.75. The molecule has 1 fully saturated rings. The summed E-state index contributed by atoms with van der Waals surface area (Å²) >= 11 is 0. The number of ether oxygens (including phenoxy) is 3. The SMILES string of the molecule is O=C(OC1=COCO1)C1CC1. The molecule has 4 heteroatoms. The van der Waals surface area contributed by atoms with Crippen LogP contribution in [0.1, 0.15) is 12.8 Å². The van der Waals surface area contributed by atoms with Crippen molar-refractivity contribution in [2.75, 3.05) is 6.79 Å². The third kappa shape index (κ3) is 1.45. The molecule has 0 unspecified atom stereocenters. The number of carbonyl (C=O) groups excluding carboxylic acids is 1. The summed E-state index contributed by atoms with van der Waals surface area (Å²) in [5, 5.41) is 0. The molecule has 0 aromatic heterocycles. The first-order valence-corrected chi connectivity index (χ1v) is 3.52. The van der Waals surface area contributed by atoms with E-state index in [1.165, 1.54) is 6.26 Å². The fourth-order valence-electron chi connectivity index (χ4n) is 0.783. The third-order valence-electron chi connectivity index (χ3n) is 1.56. The van der Waals surface area contributed by atoms with E-state index in [4.69, 9.17) is 14.2 Å². The summed E-state index contributed by atoms with van der Waals surface area (Å²) in [6.07, 6.45) is 3.18. The highest BCUT2D eigenvalue weighted by Crippen LogP contribution is 2.31. The second kappa shape index (κ2) is 2.45. The Morgan fingerprint density at radius 2 is 2.45 bits per heavy atom. The van der Waals surface area contributed by atoms with Gasteiger partial charge in [-0.25, -0.2) is 0 Å². The molecule has 2 rings (SSSR count). The van der Waals surface area contributed by atoms with Crippen molar-refractivity contribution in [2.24, 2.45) is 5.92 Å². The van der Waals surface area contributed by atoms with E-state index < -0.39 is 0 Å². The number of hydrogen-bond donors (Lipinski definition) is 0. The van der Waals surface area contributed by atoms with E-state index in [9.17, 15) is 4.79 Å². The molecule has 0 aromatic rings. The van der Waals surface area contributed by atoms with Gasteiger partial charge >= 0.3 is 11.9 Å². The summed E-state index contributed by atoms with van der Waals surface area (Å²) in [6.45, 7) is 0.146. The minimum absolute atomic E-state index is 0.0973. The molecular weight excluding hydrogens is 148 g/mol. The Morgan fingerprint density at radius 3 is 3.00 bits per heavy atom. The first kappa shape index (κ1) is 6.52. The second-order valence-electron chi connectivity index (χ2n) is 2.56. The Kier molecular flexibility index (Phi) is 1.45. The van der Waals surface area contributed by atoms with Crippen molar-refractivity contribution in [2.45, 2.75) is 12.8 Å². The molecule has 11 heavy (non-hydrogen) atoms. The minimum atomic E-state index is -0.207. The summed E-state index contributed by atoms with van der Waals surface area (Å²) in [6, 6.07) is 0. The largest absolute Gasteiger partial charge is 0.458 e. The molecule has 1 aliphatic carbocycles. The molecule has 0 radical (unpaired) electrons. The van der Waals surface area contributed by atoms with E-state index in [1.807, 2.05) is 0 Å². The Balaban J connectivity index is 1.83. The monoisotopic (exact) mass is 156 g/mol. The van der Waals surface area contributed by atoms with Crippen LogP contribution < -0.4 is 0 Å². The van der Waals surface area contributed by atoms with Crippen LogP contribution in [0.15, 0.2) is 12.2 Å². The molecule has 4 nitrogen and oxygen atoms in total. The summed E-state index contributed by atoms with van der Waals surface area (Å²) in [5.41, 5.74) is 0. The lowest BCUT2D eigenvalue weighted by Crippen LogP contribution is -2.06. The van der Waals surface area contributed by atoms with Crippen LogP contribution in [0, 0.1) is 5.92 Å². The van der Waals surface area contributed by atoms with Crippen LogP contribution in [-0.2, 0) is 19.0 Å². The van der Waals surface area contributed by atoms with Gasteiger partial charge in [-0.05, 0) is 12.8 Å². The van der Waals surface area contributed by atoms with E-state index >= 15 is 0 Å². The van der Waals surface area contributed by atoms with E-state index in [-0.39, 0.29) is 24.6 Å². The van der Waals surface area contributed by atoms with Gasteiger partial charge in [-0.1, -0.05) is 0 Å². The van der Waals surface area contributed by atoms with Crippen LogP contribution in [0.4, 0.5) is 0 Å². The minimum Gasteiger partial charge on any atom is -0.458 e. The van der Waals surface area contributed by atoms with Crippen molar-refractivity contribution in [3.8, 4) is 0 Å². The first-order valence-electron chi connectivity index (χ1n) is 3.52. The van der Waals surface area contributed by atoms with Crippen LogP contribution in [0.3, 0.4) is 0 Å². The van der Waals surface area contributed by atoms with Crippen LogP contribution in [0.25, 0.3) is 0 Å². The normalized spacial score (nSPS) is 21.6. The number of hydrogen-bond acceptors (Lipinski definition) is 4. The van der Waals surface area contributed by atoms with Gasteiger partial charge in [-0.3, -0.25) is 4.79 Å². The number of carbonyl (C=O) groups is 1. The molecule has 0 N–H and O–H groups in total. The van der Waals surface area contributed by atoms with Gasteiger partial charge < -0.3 is 14.2 Å². The van der Waals surface area contributed by atoms with Crippen molar-refractivity contribution in [1.29, 1.82) is 0 Å². The Labute approximate surface area is 63.7 Å². The van der Waals surface area contributed by atoms with Crippen molar-refractivity contribution < 1.29 is 19.0 Å². The molecule has 0 saturated heterocycles. The molecular formula is C7H8O4. The highest BCUT2D eigenvalue weighted by atomic mass is 16.8. The fourth-order valence-corrected chi connectivity index (χ4v) is 0.783. The lowest BCUT2D eigenvalue weighted by Gasteiger charge is -2.00. The van der Waals surface area contributed by atoms with E-state index in [2.05, 4.69) is 0 Å². The van der Waals surface area contributed by atoms with Gasteiger partial charge in [0.1, 0.15) is 0 Å². The van der Waals surface area contributed by atoms with Gasteiger partial charge in [-0.15, -0.1) is 0 Å². The number of esters is 1. The van der Waals surface area contributed by atoms with Gasteiger partial charge in [0.25, 0.3) is 0 Å². The lowest BCUT2D eigenvalue weighted by molar-refractivity contribution is -0.146. The number of rotatable bonds is 2. The Morgan fingerprint density at radius 1 is 1.64 bits per heavy atom. The van der Waals surface area contributed by atoms with Crippen molar-refractivity contribution >= 4 is 5.97 Å². The molecule has 1 aliphatic heterocycles. The molecule has 0 aromatic carbocycles. The standard InChI is InChI=1S/C7H8O4/c8-7(5-1-2-5)11-6-3-9-4-10-6/h3,5H,1-2,4H2. The molecule has 0 amide bonds. The second-order valence-corrected chi connectivity index (χ2v) is 2.56. The zero-order valence-electron chi connectivity index (χ0n) is 5.91. The predicted molar refractivity (Wildman–Crippen MR) is 33.9 cm³/mol. The summed E-state index contributed by atoms with van der Waals surface area (Å²) in [5.74, 6) is 0.0729. The third-order valence-corrected chi connectivity index (χ3v) is 1.56. The first-order chi connectivity index (χ1) is 5.36. The van der Waals surface area contributed by atoms with Crippen LogP contribution in [-0.4, -0.2) is 12.8 Å². The van der Waals surface area contributed by atoms with Gasteiger partial charge in [0.15, 0.2) is 6.26 Å². The maximum absolute atomic E-state index is 11.0. The molecule has 0 atom stereocenters. The van der Waals surface area contributed by atoms with Crippen LogP contribution in [0.2, 0.25) is 0 Å². The maximum Gasteiger partial charge on any atom is 0.326 e. The predicted octanol–water partition coefficient (Wildman–Crippen LogP) is 0.743. The van der Waals surface area contributed by atoms with Gasteiger partial charge in [0.2, 0.25) is 6.79 Å². The molecule has 0 bridgehead atoms. The summed E-state index contributed by atoms with van der Waals surface area (Å²) < 4.78 is 14.3. The van der Waals surface area contributed by atoms with E-state index in [1.54, 1.807) is 0 Å². The topological polar surface area (TPSA) is 44.8 Å². The van der Waals surface area contributed by atoms with Crippen molar-refractivity contribution in [1.82, 2.24) is 0 Å². The lowest BCUT2D eigenvalue weighted by atomic mass is 10.4. The maximum atomic E-state index is 11.0. The van der Waals surface area contributed by atoms with Gasteiger partial charge in [-0.2, -0.15) is 0 Å². The average Bonchev–Trinajstić information content (AvgIpc) is 2.73. The Bertz CT molecular complexity index is 204. The summed E-state index contributed by atoms with van der Waals surface area (Å²) in [4.78, 5) is 11.0. The fraction of sp³-hybridized carbons (Fsp3) is 0.571. The zero-order valence-corrected chi connectivity index (χ0v) is 5.91. The quantitative estimate of drug-likeness (QED) is 0.553. The van der Waals surface area contributed by atoms with Crippen molar-refractivity contribution in [3.05, 3.63) is 12.2 Å². The molecule has 0 spiro atoms. The zero-order chi connectivity index (χ0) is 7.68.